The summed E-state index contributed by atoms with van der Waals surface area (Å²) in [6.07, 6.45) is 3.88. The molecule has 4 aromatic rings. The molecule has 0 aliphatic heterocycles. The lowest BCUT2D eigenvalue weighted by atomic mass is 10.1. The van der Waals surface area contributed by atoms with Gasteiger partial charge in [-0.2, -0.15) is 5.10 Å². The SMILES string of the molecule is COc1ccc(-c2cn3cccc(C)c3n2)cc1NC(=O)c1ccc(=O)n(C)n1. The number of imidazole rings is 1. The molecule has 146 valence electrons. The van der Waals surface area contributed by atoms with Gasteiger partial charge in [-0.25, -0.2) is 9.67 Å². The Balaban J connectivity index is 1.71. The average Bonchev–Trinajstić information content (AvgIpc) is 3.16. The van der Waals surface area contributed by atoms with Crippen LogP contribution in [0.5, 0.6) is 5.75 Å². The minimum atomic E-state index is -0.443. The van der Waals surface area contributed by atoms with Crippen molar-refractivity contribution in [2.45, 2.75) is 6.92 Å². The third kappa shape index (κ3) is 3.47. The predicted octanol–water partition coefficient (Wildman–Crippen LogP) is 2.66. The fourth-order valence-electron chi connectivity index (χ4n) is 3.07. The Morgan fingerprint density at radius 2 is 2.00 bits per heavy atom. The van der Waals surface area contributed by atoms with Crippen LogP contribution in [0, 0.1) is 6.92 Å². The van der Waals surface area contributed by atoms with E-state index in [9.17, 15) is 9.59 Å². The molecule has 3 heterocycles. The number of benzene rings is 1. The van der Waals surface area contributed by atoms with Crippen LogP contribution in [0.25, 0.3) is 16.9 Å². The monoisotopic (exact) mass is 389 g/mol. The number of amides is 1. The van der Waals surface area contributed by atoms with Crippen molar-refractivity contribution in [1.29, 1.82) is 0 Å². The first-order valence-electron chi connectivity index (χ1n) is 8.95. The van der Waals surface area contributed by atoms with E-state index in [2.05, 4.69) is 10.4 Å². The van der Waals surface area contributed by atoms with Gasteiger partial charge in [-0.3, -0.25) is 9.59 Å². The van der Waals surface area contributed by atoms with Gasteiger partial charge in [0.2, 0.25) is 0 Å². The third-order valence-electron chi connectivity index (χ3n) is 4.61. The maximum absolute atomic E-state index is 12.6. The Bertz CT molecular complexity index is 1290. The van der Waals surface area contributed by atoms with Gasteiger partial charge in [0.15, 0.2) is 0 Å². The summed E-state index contributed by atoms with van der Waals surface area (Å²) in [4.78, 5) is 28.8. The number of methoxy groups -OCH3 is 1. The van der Waals surface area contributed by atoms with Crippen molar-refractivity contribution in [3.8, 4) is 17.0 Å². The lowest BCUT2D eigenvalue weighted by molar-refractivity contribution is 0.101. The summed E-state index contributed by atoms with van der Waals surface area (Å²) in [6.45, 7) is 2.01. The second kappa shape index (κ2) is 7.23. The third-order valence-corrected chi connectivity index (χ3v) is 4.61. The Morgan fingerprint density at radius 3 is 2.72 bits per heavy atom. The van der Waals surface area contributed by atoms with Crippen LogP contribution in [0.4, 0.5) is 5.69 Å². The van der Waals surface area contributed by atoms with E-state index in [0.29, 0.717) is 11.4 Å². The number of ether oxygens (including phenoxy) is 1. The topological polar surface area (TPSA) is 90.5 Å². The average molecular weight is 389 g/mol. The number of aromatic nitrogens is 4. The van der Waals surface area contributed by atoms with Gasteiger partial charge < -0.3 is 14.5 Å². The van der Waals surface area contributed by atoms with Crippen LogP contribution < -0.4 is 15.6 Å². The first kappa shape index (κ1) is 18.4. The van der Waals surface area contributed by atoms with Crippen LogP contribution in [-0.4, -0.2) is 32.2 Å². The van der Waals surface area contributed by atoms with Crippen LogP contribution in [0.1, 0.15) is 16.1 Å². The molecule has 1 amide bonds. The molecule has 1 N–H and O–H groups in total. The van der Waals surface area contributed by atoms with Crippen LogP contribution >= 0.6 is 0 Å². The fraction of sp³-hybridized carbons (Fsp3) is 0.143. The molecule has 0 atom stereocenters. The number of rotatable bonds is 4. The molecule has 0 aliphatic carbocycles. The highest BCUT2D eigenvalue weighted by atomic mass is 16.5. The lowest BCUT2D eigenvalue weighted by Crippen LogP contribution is -2.23. The Kier molecular flexibility index (Phi) is 4.59. The first-order valence-corrected chi connectivity index (χ1v) is 8.95. The summed E-state index contributed by atoms with van der Waals surface area (Å²) < 4.78 is 8.45. The maximum Gasteiger partial charge on any atom is 0.276 e. The highest BCUT2D eigenvalue weighted by Crippen LogP contribution is 2.31. The molecule has 0 saturated heterocycles. The van der Waals surface area contributed by atoms with Gasteiger partial charge in [0.05, 0.1) is 18.5 Å². The van der Waals surface area contributed by atoms with E-state index in [0.717, 1.165) is 27.1 Å². The van der Waals surface area contributed by atoms with Gasteiger partial charge in [-0.1, -0.05) is 6.07 Å². The summed E-state index contributed by atoms with van der Waals surface area (Å²) >= 11 is 0. The van der Waals surface area contributed by atoms with Crippen molar-refractivity contribution in [3.63, 3.8) is 0 Å². The molecule has 29 heavy (non-hydrogen) atoms. The molecule has 0 spiro atoms. The largest absolute Gasteiger partial charge is 0.495 e. The molecule has 0 saturated carbocycles. The molecule has 0 radical (unpaired) electrons. The molecule has 3 aromatic heterocycles. The van der Waals surface area contributed by atoms with Crippen LogP contribution in [0.15, 0.2) is 59.7 Å². The molecule has 0 fully saturated rings. The van der Waals surface area contributed by atoms with E-state index in [1.807, 2.05) is 41.9 Å². The number of nitrogens with zero attached hydrogens (tertiary/aromatic N) is 4. The van der Waals surface area contributed by atoms with E-state index in [4.69, 9.17) is 9.72 Å². The van der Waals surface area contributed by atoms with Crippen molar-refractivity contribution in [3.05, 3.63) is 76.5 Å². The second-order valence-electron chi connectivity index (χ2n) is 6.60. The lowest BCUT2D eigenvalue weighted by Gasteiger charge is -2.11. The van der Waals surface area contributed by atoms with Crippen molar-refractivity contribution in [1.82, 2.24) is 19.2 Å². The summed E-state index contributed by atoms with van der Waals surface area (Å²) in [7, 11) is 3.02. The van der Waals surface area contributed by atoms with Gasteiger partial charge in [0, 0.05) is 31.1 Å². The Labute approximate surface area is 166 Å². The number of aryl methyl sites for hydroxylation is 2. The normalized spacial score (nSPS) is 10.9. The number of carbonyl (C=O) groups is 1. The van der Waals surface area contributed by atoms with Crippen molar-refractivity contribution >= 4 is 17.2 Å². The first-order chi connectivity index (χ1) is 14.0. The number of carbonyl (C=O) groups excluding carboxylic acids is 1. The summed E-state index contributed by atoms with van der Waals surface area (Å²) in [5.41, 5.74) is 3.88. The Hall–Kier alpha value is -3.94. The molecule has 4 rings (SSSR count). The zero-order valence-electron chi connectivity index (χ0n) is 16.2. The molecule has 1 aromatic carbocycles. The number of anilines is 1. The minimum Gasteiger partial charge on any atom is -0.495 e. The van der Waals surface area contributed by atoms with Gasteiger partial charge in [-0.05, 0) is 42.8 Å². The minimum absolute atomic E-state index is 0.128. The smallest absolute Gasteiger partial charge is 0.276 e. The number of nitrogens with one attached hydrogen (secondary N) is 1. The zero-order chi connectivity index (χ0) is 20.5. The molecular formula is C21H19N5O3. The van der Waals surface area contributed by atoms with E-state index >= 15 is 0 Å². The van der Waals surface area contributed by atoms with Crippen LogP contribution in [0.2, 0.25) is 0 Å². The predicted molar refractivity (Wildman–Crippen MR) is 109 cm³/mol. The van der Waals surface area contributed by atoms with Crippen LogP contribution in [-0.2, 0) is 7.05 Å². The van der Waals surface area contributed by atoms with E-state index in [-0.39, 0.29) is 11.3 Å². The van der Waals surface area contributed by atoms with Crippen LogP contribution in [0.3, 0.4) is 0 Å². The highest BCUT2D eigenvalue weighted by Gasteiger charge is 2.14. The summed E-state index contributed by atoms with van der Waals surface area (Å²) in [6, 6.07) is 12.1. The second-order valence-corrected chi connectivity index (χ2v) is 6.60. The van der Waals surface area contributed by atoms with Crippen molar-refractivity contribution in [2.75, 3.05) is 12.4 Å². The van der Waals surface area contributed by atoms with E-state index in [1.165, 1.54) is 26.3 Å². The number of hydrogen-bond donors (Lipinski definition) is 1. The van der Waals surface area contributed by atoms with Gasteiger partial charge in [0.25, 0.3) is 11.5 Å². The summed E-state index contributed by atoms with van der Waals surface area (Å²) in [5.74, 6) is 0.0637. The quantitative estimate of drug-likeness (QED) is 0.580. The molecule has 0 unspecified atom stereocenters. The molecule has 0 aliphatic rings. The van der Waals surface area contributed by atoms with E-state index < -0.39 is 5.91 Å². The number of hydrogen-bond acceptors (Lipinski definition) is 5. The van der Waals surface area contributed by atoms with Crippen molar-refractivity contribution < 1.29 is 9.53 Å². The zero-order valence-corrected chi connectivity index (χ0v) is 16.2. The van der Waals surface area contributed by atoms with Gasteiger partial charge in [-0.15, -0.1) is 0 Å². The van der Waals surface area contributed by atoms with Gasteiger partial charge >= 0.3 is 0 Å². The number of fused-ring (bicyclic) bond motifs is 1. The Morgan fingerprint density at radius 1 is 1.17 bits per heavy atom. The molecule has 8 heteroatoms. The van der Waals surface area contributed by atoms with Crippen molar-refractivity contribution in [2.24, 2.45) is 7.05 Å². The highest BCUT2D eigenvalue weighted by molar-refractivity contribution is 6.03. The molecule has 8 nitrogen and oxygen atoms in total. The van der Waals surface area contributed by atoms with E-state index in [1.54, 1.807) is 12.1 Å². The maximum atomic E-state index is 12.6. The molecular weight excluding hydrogens is 370 g/mol. The standard InChI is InChI=1S/C21H19N5O3/c1-13-5-4-10-26-12-17(22-20(13)26)14-6-8-18(29-3)16(11-14)23-21(28)15-7-9-19(27)25(2)24-15/h4-12H,1-3H3,(H,23,28). The number of pyridine rings is 1. The van der Waals surface area contributed by atoms with Gasteiger partial charge in [0.1, 0.15) is 17.1 Å². The summed E-state index contributed by atoms with van der Waals surface area (Å²) in [5, 5.41) is 6.78. The fourth-order valence-corrected chi connectivity index (χ4v) is 3.07. The molecule has 0 bridgehead atoms.